The lowest BCUT2D eigenvalue weighted by molar-refractivity contribution is 0.0493. The van der Waals surface area contributed by atoms with Crippen molar-refractivity contribution in [3.05, 3.63) is 65.2 Å². The first-order chi connectivity index (χ1) is 10.8. The molecule has 1 amide bonds. The Morgan fingerprint density at radius 1 is 1.26 bits per heavy atom. The Kier molecular flexibility index (Phi) is 4.95. The van der Waals surface area contributed by atoms with E-state index in [9.17, 15) is 18.7 Å². The van der Waals surface area contributed by atoms with Crippen molar-refractivity contribution in [1.82, 2.24) is 5.32 Å². The molecule has 2 aromatic carbocycles. The predicted octanol–water partition coefficient (Wildman–Crippen LogP) is 2.61. The van der Waals surface area contributed by atoms with Crippen molar-refractivity contribution in [1.29, 1.82) is 0 Å². The van der Waals surface area contributed by atoms with Crippen LogP contribution in [0.25, 0.3) is 0 Å². The molecule has 0 unspecified atom stereocenters. The summed E-state index contributed by atoms with van der Waals surface area (Å²) < 4.78 is 31.8. The van der Waals surface area contributed by atoms with Crippen LogP contribution in [-0.4, -0.2) is 24.7 Å². The Morgan fingerprint density at radius 2 is 1.96 bits per heavy atom. The highest BCUT2D eigenvalue weighted by Gasteiger charge is 2.28. The van der Waals surface area contributed by atoms with Gasteiger partial charge in [0.1, 0.15) is 23.0 Å². The van der Waals surface area contributed by atoms with Crippen LogP contribution in [0.3, 0.4) is 0 Å². The standard InChI is InChI=1S/C17H17F2NO3/c1-17(22,13-8-7-11(18)9-14(13)19)10-20-16(21)12-5-3-4-6-15(12)23-2/h3-9,22H,10H2,1-2H3,(H,20,21)/t17-/m0/s1. The van der Waals surface area contributed by atoms with E-state index >= 15 is 0 Å². The lowest BCUT2D eigenvalue weighted by Crippen LogP contribution is -2.39. The zero-order valence-electron chi connectivity index (χ0n) is 12.8. The molecule has 4 nitrogen and oxygen atoms in total. The van der Waals surface area contributed by atoms with Crippen LogP contribution in [0.5, 0.6) is 5.75 Å². The number of nitrogens with one attached hydrogen (secondary N) is 1. The Hall–Kier alpha value is -2.47. The molecular formula is C17H17F2NO3. The Balaban J connectivity index is 2.14. The third-order valence-corrected chi connectivity index (χ3v) is 3.46. The molecule has 1 atom stereocenters. The van der Waals surface area contributed by atoms with Gasteiger partial charge in [-0.2, -0.15) is 0 Å². The molecule has 2 aromatic rings. The maximum atomic E-state index is 13.8. The number of carbonyl (C=O) groups is 1. The number of carbonyl (C=O) groups excluding carboxylic acids is 1. The van der Waals surface area contributed by atoms with Gasteiger partial charge >= 0.3 is 0 Å². The van der Waals surface area contributed by atoms with Crippen LogP contribution in [0.4, 0.5) is 8.78 Å². The van der Waals surface area contributed by atoms with E-state index in [1.807, 2.05) is 0 Å². The number of para-hydroxylation sites is 1. The molecule has 122 valence electrons. The summed E-state index contributed by atoms with van der Waals surface area (Å²) in [5.74, 6) is -1.69. The maximum Gasteiger partial charge on any atom is 0.255 e. The normalized spacial score (nSPS) is 13.3. The number of hydrogen-bond donors (Lipinski definition) is 2. The van der Waals surface area contributed by atoms with Crippen LogP contribution in [0, 0.1) is 11.6 Å². The van der Waals surface area contributed by atoms with Crippen molar-refractivity contribution < 1.29 is 23.4 Å². The quantitative estimate of drug-likeness (QED) is 0.890. The van der Waals surface area contributed by atoms with Gasteiger partial charge in [-0.1, -0.05) is 18.2 Å². The fraction of sp³-hybridized carbons (Fsp3) is 0.235. The third-order valence-electron chi connectivity index (χ3n) is 3.46. The van der Waals surface area contributed by atoms with Gasteiger partial charge in [-0.05, 0) is 25.1 Å². The van der Waals surface area contributed by atoms with Crippen LogP contribution in [0.2, 0.25) is 0 Å². The van der Waals surface area contributed by atoms with E-state index in [2.05, 4.69) is 5.32 Å². The van der Waals surface area contributed by atoms with Gasteiger partial charge in [-0.25, -0.2) is 8.78 Å². The van der Waals surface area contributed by atoms with E-state index in [-0.39, 0.29) is 12.1 Å². The first-order valence-electron chi connectivity index (χ1n) is 6.94. The molecule has 2 rings (SSSR count). The number of ether oxygens (including phenoxy) is 1. The van der Waals surface area contributed by atoms with E-state index in [1.54, 1.807) is 24.3 Å². The molecule has 0 saturated heterocycles. The Labute approximate surface area is 132 Å². The van der Waals surface area contributed by atoms with E-state index < -0.39 is 23.1 Å². The minimum absolute atomic E-state index is 0.0979. The Morgan fingerprint density at radius 3 is 2.61 bits per heavy atom. The van der Waals surface area contributed by atoms with Gasteiger partial charge in [-0.15, -0.1) is 0 Å². The second-order valence-electron chi connectivity index (χ2n) is 5.28. The highest BCUT2D eigenvalue weighted by atomic mass is 19.1. The van der Waals surface area contributed by atoms with Crippen molar-refractivity contribution in [2.24, 2.45) is 0 Å². The predicted molar refractivity (Wildman–Crippen MR) is 81.3 cm³/mol. The lowest BCUT2D eigenvalue weighted by atomic mass is 9.95. The molecule has 0 bridgehead atoms. The molecule has 2 N–H and O–H groups in total. The molecule has 0 radical (unpaired) electrons. The molecule has 0 aliphatic rings. The zero-order valence-corrected chi connectivity index (χ0v) is 12.8. The molecule has 0 saturated carbocycles. The smallest absolute Gasteiger partial charge is 0.255 e. The Bertz CT molecular complexity index is 717. The van der Waals surface area contributed by atoms with Gasteiger partial charge in [-0.3, -0.25) is 4.79 Å². The van der Waals surface area contributed by atoms with E-state index in [4.69, 9.17) is 4.74 Å². The number of benzene rings is 2. The summed E-state index contributed by atoms with van der Waals surface area (Å²) >= 11 is 0. The molecule has 0 aliphatic heterocycles. The molecule has 6 heteroatoms. The molecule has 0 aliphatic carbocycles. The highest BCUT2D eigenvalue weighted by molar-refractivity contribution is 5.96. The molecular weight excluding hydrogens is 304 g/mol. The fourth-order valence-electron chi connectivity index (χ4n) is 2.20. The number of aliphatic hydroxyl groups is 1. The summed E-state index contributed by atoms with van der Waals surface area (Å²) in [7, 11) is 1.44. The van der Waals surface area contributed by atoms with Gasteiger partial charge in [0.25, 0.3) is 5.91 Å². The monoisotopic (exact) mass is 321 g/mol. The summed E-state index contributed by atoms with van der Waals surface area (Å²) in [5, 5.41) is 12.9. The molecule has 0 spiro atoms. The largest absolute Gasteiger partial charge is 0.496 e. The minimum Gasteiger partial charge on any atom is -0.496 e. The lowest BCUT2D eigenvalue weighted by Gasteiger charge is -2.25. The van der Waals surface area contributed by atoms with Crippen molar-refractivity contribution in [2.75, 3.05) is 13.7 Å². The molecule has 23 heavy (non-hydrogen) atoms. The second-order valence-corrected chi connectivity index (χ2v) is 5.28. The van der Waals surface area contributed by atoms with Crippen LogP contribution < -0.4 is 10.1 Å². The number of hydrogen-bond acceptors (Lipinski definition) is 3. The molecule has 0 heterocycles. The number of halogens is 2. The number of rotatable bonds is 5. The fourth-order valence-corrected chi connectivity index (χ4v) is 2.20. The second kappa shape index (κ2) is 6.75. The first-order valence-corrected chi connectivity index (χ1v) is 6.94. The summed E-state index contributed by atoms with van der Waals surface area (Å²) in [6, 6.07) is 9.49. The minimum atomic E-state index is -1.69. The van der Waals surface area contributed by atoms with Crippen molar-refractivity contribution in [3.8, 4) is 5.75 Å². The van der Waals surface area contributed by atoms with Gasteiger partial charge in [0.2, 0.25) is 0 Å². The van der Waals surface area contributed by atoms with Crippen LogP contribution in [-0.2, 0) is 5.60 Å². The van der Waals surface area contributed by atoms with Gasteiger partial charge in [0.15, 0.2) is 0 Å². The van der Waals surface area contributed by atoms with Crippen molar-refractivity contribution >= 4 is 5.91 Å². The number of methoxy groups -OCH3 is 1. The number of amides is 1. The first kappa shape index (κ1) is 16.9. The summed E-state index contributed by atoms with van der Waals surface area (Å²) in [6.07, 6.45) is 0. The zero-order chi connectivity index (χ0) is 17.0. The van der Waals surface area contributed by atoms with Crippen molar-refractivity contribution in [2.45, 2.75) is 12.5 Å². The molecule has 0 aromatic heterocycles. The average Bonchev–Trinajstić information content (AvgIpc) is 2.52. The summed E-state index contributed by atoms with van der Waals surface area (Å²) in [4.78, 5) is 12.2. The maximum absolute atomic E-state index is 13.8. The van der Waals surface area contributed by atoms with E-state index in [0.29, 0.717) is 17.4 Å². The SMILES string of the molecule is COc1ccccc1C(=O)NC[C@](C)(O)c1ccc(F)cc1F. The van der Waals surface area contributed by atoms with Gasteiger partial charge < -0.3 is 15.2 Å². The van der Waals surface area contributed by atoms with Gasteiger partial charge in [0.05, 0.1) is 19.2 Å². The van der Waals surface area contributed by atoms with Crippen LogP contribution in [0.15, 0.2) is 42.5 Å². The highest BCUT2D eigenvalue weighted by Crippen LogP contribution is 2.24. The third kappa shape index (κ3) is 3.84. The van der Waals surface area contributed by atoms with E-state index in [0.717, 1.165) is 12.1 Å². The van der Waals surface area contributed by atoms with Crippen LogP contribution >= 0.6 is 0 Å². The summed E-state index contributed by atoms with van der Waals surface area (Å²) in [6.45, 7) is 1.10. The molecule has 0 fully saturated rings. The van der Waals surface area contributed by atoms with Crippen LogP contribution in [0.1, 0.15) is 22.8 Å². The van der Waals surface area contributed by atoms with Crippen molar-refractivity contribution in [3.63, 3.8) is 0 Å². The topological polar surface area (TPSA) is 58.6 Å². The average molecular weight is 321 g/mol. The summed E-state index contributed by atoms with van der Waals surface area (Å²) in [5.41, 5.74) is -1.49. The van der Waals surface area contributed by atoms with Gasteiger partial charge in [0, 0.05) is 11.6 Å². The van der Waals surface area contributed by atoms with E-state index in [1.165, 1.54) is 14.0 Å².